The molecule has 0 radical (unpaired) electrons. The van der Waals surface area contributed by atoms with E-state index in [2.05, 4.69) is 40.9 Å². The van der Waals surface area contributed by atoms with Gasteiger partial charge < -0.3 is 14.5 Å². The van der Waals surface area contributed by atoms with Gasteiger partial charge in [0.1, 0.15) is 24.0 Å². The van der Waals surface area contributed by atoms with E-state index in [1.54, 1.807) is 0 Å². The van der Waals surface area contributed by atoms with Gasteiger partial charge in [0.25, 0.3) is 0 Å². The molecule has 0 saturated carbocycles. The number of nitrogens with zero attached hydrogens (tertiary/aromatic N) is 4. The molecular weight excluding hydrogens is 336 g/mol. The summed E-state index contributed by atoms with van der Waals surface area (Å²) in [5.41, 5.74) is 3.44. The molecule has 1 saturated heterocycles. The fourth-order valence-corrected chi connectivity index (χ4v) is 4.23. The molecule has 1 atom stereocenters. The van der Waals surface area contributed by atoms with Crippen LogP contribution < -0.4 is 9.64 Å². The number of ether oxygens (including phenoxy) is 1. The highest BCUT2D eigenvalue weighted by molar-refractivity contribution is 5.53. The molecule has 0 spiro atoms. The highest BCUT2D eigenvalue weighted by Gasteiger charge is 2.23. The highest BCUT2D eigenvalue weighted by atomic mass is 16.5. The number of para-hydroxylation sites is 1. The Morgan fingerprint density at radius 3 is 2.78 bits per heavy atom. The zero-order valence-electron chi connectivity index (χ0n) is 16.7. The van der Waals surface area contributed by atoms with E-state index < -0.39 is 0 Å². The fourth-order valence-electron chi connectivity index (χ4n) is 4.23. The van der Waals surface area contributed by atoms with E-state index >= 15 is 0 Å². The lowest BCUT2D eigenvalue weighted by molar-refractivity contribution is 0.249. The zero-order chi connectivity index (χ0) is 18.8. The van der Waals surface area contributed by atoms with Crippen molar-refractivity contribution >= 4 is 5.82 Å². The van der Waals surface area contributed by atoms with Crippen molar-refractivity contribution in [3.63, 3.8) is 0 Å². The number of likely N-dealkylation sites (tertiary alicyclic amines) is 1. The summed E-state index contributed by atoms with van der Waals surface area (Å²) in [6, 6.07) is 8.91. The Labute approximate surface area is 162 Å². The summed E-state index contributed by atoms with van der Waals surface area (Å²) in [4.78, 5) is 14.4. The Morgan fingerprint density at radius 2 is 1.96 bits per heavy atom. The minimum atomic E-state index is 0.515. The van der Waals surface area contributed by atoms with E-state index in [4.69, 9.17) is 9.72 Å². The van der Waals surface area contributed by atoms with Gasteiger partial charge in [-0.15, -0.1) is 0 Å². The van der Waals surface area contributed by atoms with Crippen LogP contribution in [0, 0.1) is 6.92 Å². The smallest absolute Gasteiger partial charge is 0.135 e. The topological polar surface area (TPSA) is 41.5 Å². The van der Waals surface area contributed by atoms with E-state index in [0.29, 0.717) is 12.6 Å². The number of benzene rings is 1. The first-order chi connectivity index (χ1) is 13.1. The van der Waals surface area contributed by atoms with Gasteiger partial charge in [0.15, 0.2) is 0 Å². The van der Waals surface area contributed by atoms with E-state index in [9.17, 15) is 0 Å². The number of aromatic nitrogens is 2. The van der Waals surface area contributed by atoms with Crippen LogP contribution in [0.1, 0.15) is 48.8 Å². The van der Waals surface area contributed by atoms with Crippen molar-refractivity contribution in [2.24, 2.45) is 0 Å². The molecule has 1 aromatic heterocycles. The van der Waals surface area contributed by atoms with Crippen molar-refractivity contribution in [1.82, 2.24) is 14.9 Å². The summed E-state index contributed by atoms with van der Waals surface area (Å²) in [5.74, 6) is 2.84. The van der Waals surface area contributed by atoms with Gasteiger partial charge in [-0.2, -0.15) is 0 Å². The monoisotopic (exact) mass is 366 g/mol. The summed E-state index contributed by atoms with van der Waals surface area (Å²) in [6.07, 6.45) is 4.67. The van der Waals surface area contributed by atoms with Crippen LogP contribution >= 0.6 is 0 Å². The molecule has 1 fully saturated rings. The summed E-state index contributed by atoms with van der Waals surface area (Å²) in [5, 5.41) is 0. The van der Waals surface area contributed by atoms with Gasteiger partial charge in [-0.3, -0.25) is 0 Å². The van der Waals surface area contributed by atoms with Crippen molar-refractivity contribution in [2.75, 3.05) is 31.6 Å². The number of fused-ring (bicyclic) bond motifs is 2. The van der Waals surface area contributed by atoms with Crippen LogP contribution in [0.15, 0.2) is 24.3 Å². The van der Waals surface area contributed by atoms with E-state index in [-0.39, 0.29) is 0 Å². The number of rotatable bonds is 5. The Morgan fingerprint density at radius 1 is 1.19 bits per heavy atom. The minimum absolute atomic E-state index is 0.515. The number of aryl methyl sites for hydroxylation is 1. The molecule has 2 aliphatic rings. The molecule has 0 aliphatic carbocycles. The summed E-state index contributed by atoms with van der Waals surface area (Å²) in [6.45, 7) is 8.35. The van der Waals surface area contributed by atoms with E-state index in [0.717, 1.165) is 42.5 Å². The SMILES string of the molecule is Cc1nc2c(c(N(C)CCC(C)N3CCCC3)n1)Cc1ccccc1OC2. The number of hydrogen-bond donors (Lipinski definition) is 0. The first-order valence-corrected chi connectivity index (χ1v) is 10.1. The molecule has 5 nitrogen and oxygen atoms in total. The van der Waals surface area contributed by atoms with Crippen molar-refractivity contribution in [2.45, 2.75) is 52.2 Å². The third-order valence-corrected chi connectivity index (χ3v) is 5.89. The summed E-state index contributed by atoms with van der Waals surface area (Å²) < 4.78 is 6.01. The van der Waals surface area contributed by atoms with Gasteiger partial charge in [-0.1, -0.05) is 18.2 Å². The maximum Gasteiger partial charge on any atom is 0.135 e. The predicted octanol–water partition coefficient (Wildman–Crippen LogP) is 3.58. The Balaban J connectivity index is 1.55. The average molecular weight is 367 g/mol. The molecule has 0 N–H and O–H groups in total. The zero-order valence-corrected chi connectivity index (χ0v) is 16.7. The van der Waals surface area contributed by atoms with Crippen LogP contribution in [0.4, 0.5) is 5.82 Å². The molecule has 1 unspecified atom stereocenters. The van der Waals surface area contributed by atoms with E-state index in [1.165, 1.54) is 37.1 Å². The van der Waals surface area contributed by atoms with Crippen molar-refractivity contribution in [1.29, 1.82) is 0 Å². The van der Waals surface area contributed by atoms with Crippen LogP contribution in [-0.2, 0) is 13.0 Å². The van der Waals surface area contributed by atoms with Gasteiger partial charge in [0.05, 0.1) is 5.69 Å². The summed E-state index contributed by atoms with van der Waals surface area (Å²) >= 11 is 0. The molecule has 5 heteroatoms. The lowest BCUT2D eigenvalue weighted by Crippen LogP contribution is -2.34. The lowest BCUT2D eigenvalue weighted by atomic mass is 10.0. The molecular formula is C22H30N4O. The second kappa shape index (κ2) is 7.85. The van der Waals surface area contributed by atoms with Gasteiger partial charge in [0, 0.05) is 31.6 Å². The van der Waals surface area contributed by atoms with Gasteiger partial charge in [0.2, 0.25) is 0 Å². The second-order valence-electron chi connectivity index (χ2n) is 7.90. The van der Waals surface area contributed by atoms with E-state index in [1.807, 2.05) is 19.1 Å². The normalized spacial score (nSPS) is 17.6. The average Bonchev–Trinajstić information content (AvgIpc) is 3.15. The maximum atomic E-state index is 6.01. The molecule has 2 aliphatic heterocycles. The fraction of sp³-hybridized carbons (Fsp3) is 0.545. The lowest BCUT2D eigenvalue weighted by Gasteiger charge is -2.28. The van der Waals surface area contributed by atoms with Gasteiger partial charge in [-0.05, 0) is 57.8 Å². The Kier molecular flexibility index (Phi) is 5.30. The third kappa shape index (κ3) is 3.93. The summed E-state index contributed by atoms with van der Waals surface area (Å²) in [7, 11) is 2.16. The molecule has 0 bridgehead atoms. The van der Waals surface area contributed by atoms with Crippen LogP contribution in [0.2, 0.25) is 0 Å². The Hall–Kier alpha value is -2.14. The van der Waals surface area contributed by atoms with Gasteiger partial charge >= 0.3 is 0 Å². The van der Waals surface area contributed by atoms with Crippen molar-refractivity contribution in [3.8, 4) is 5.75 Å². The van der Waals surface area contributed by atoms with Crippen LogP contribution in [-0.4, -0.2) is 47.6 Å². The minimum Gasteiger partial charge on any atom is -0.487 e. The first-order valence-electron chi connectivity index (χ1n) is 10.1. The third-order valence-electron chi connectivity index (χ3n) is 5.89. The van der Waals surface area contributed by atoms with Crippen molar-refractivity contribution in [3.05, 3.63) is 46.9 Å². The molecule has 0 amide bonds. The van der Waals surface area contributed by atoms with Crippen molar-refractivity contribution < 1.29 is 4.74 Å². The highest BCUT2D eigenvalue weighted by Crippen LogP contribution is 2.32. The number of anilines is 1. The quantitative estimate of drug-likeness (QED) is 0.809. The molecule has 1 aromatic carbocycles. The van der Waals surface area contributed by atoms with Crippen LogP contribution in [0.3, 0.4) is 0 Å². The predicted molar refractivity (Wildman–Crippen MR) is 109 cm³/mol. The largest absolute Gasteiger partial charge is 0.487 e. The van der Waals surface area contributed by atoms with Gasteiger partial charge in [-0.25, -0.2) is 9.97 Å². The standard InChI is InChI=1S/C22H30N4O/c1-16(26-11-6-7-12-26)10-13-25(3)22-19-14-18-8-4-5-9-21(18)27-15-20(19)23-17(2)24-22/h4-5,8-9,16H,6-7,10-15H2,1-3H3. The number of hydrogen-bond acceptors (Lipinski definition) is 5. The Bertz CT molecular complexity index is 801. The molecule has 27 heavy (non-hydrogen) atoms. The van der Waals surface area contributed by atoms with Crippen LogP contribution in [0.5, 0.6) is 5.75 Å². The molecule has 144 valence electrons. The molecule has 4 rings (SSSR count). The molecule has 3 heterocycles. The maximum absolute atomic E-state index is 6.01. The first kappa shape index (κ1) is 18.2. The second-order valence-corrected chi connectivity index (χ2v) is 7.90. The van der Waals surface area contributed by atoms with Crippen LogP contribution in [0.25, 0.3) is 0 Å². The molecule has 2 aromatic rings.